The molecule has 0 spiro atoms. The predicted molar refractivity (Wildman–Crippen MR) is 124 cm³/mol. The molecule has 1 aromatic heterocycles. The van der Waals surface area contributed by atoms with Crippen LogP contribution in [0.1, 0.15) is 48.0 Å². The third-order valence-electron chi connectivity index (χ3n) is 5.67. The number of rotatable bonds is 7. The zero-order valence-corrected chi connectivity index (χ0v) is 18.2. The van der Waals surface area contributed by atoms with Crippen LogP contribution in [0.25, 0.3) is 0 Å². The Hall–Kier alpha value is -3.74. The Bertz CT molecular complexity index is 1130. The number of carbonyl (C=O) groups excluding carboxylic acids is 2. The molecule has 6 nitrogen and oxygen atoms in total. The number of ether oxygens (including phenoxy) is 1. The SMILES string of the molecule is O=C(NCc1cccnc1Oc1cccc(F)c1)c1cccc(NC(=O)C2CCCCC2)c1. The topological polar surface area (TPSA) is 80.3 Å². The average Bonchev–Trinajstić information content (AvgIpc) is 2.84. The van der Waals surface area contributed by atoms with E-state index < -0.39 is 5.82 Å². The van der Waals surface area contributed by atoms with Crippen LogP contribution in [0.3, 0.4) is 0 Å². The number of benzene rings is 2. The van der Waals surface area contributed by atoms with Gasteiger partial charge in [0.15, 0.2) is 0 Å². The van der Waals surface area contributed by atoms with Gasteiger partial charge in [-0.25, -0.2) is 9.37 Å². The van der Waals surface area contributed by atoms with Crippen molar-refractivity contribution in [2.45, 2.75) is 38.6 Å². The lowest BCUT2D eigenvalue weighted by molar-refractivity contribution is -0.120. The summed E-state index contributed by atoms with van der Waals surface area (Å²) in [7, 11) is 0. The third kappa shape index (κ3) is 6.16. The number of amides is 2. The molecule has 4 rings (SSSR count). The molecule has 170 valence electrons. The first-order valence-corrected chi connectivity index (χ1v) is 11.1. The number of anilines is 1. The van der Waals surface area contributed by atoms with Crippen LogP contribution in [0.5, 0.6) is 11.6 Å². The van der Waals surface area contributed by atoms with Gasteiger partial charge >= 0.3 is 0 Å². The zero-order chi connectivity index (χ0) is 23.0. The smallest absolute Gasteiger partial charge is 0.251 e. The Morgan fingerprint density at radius 1 is 1.00 bits per heavy atom. The van der Waals surface area contributed by atoms with Crippen LogP contribution in [0.4, 0.5) is 10.1 Å². The fraction of sp³-hybridized carbons (Fsp3) is 0.269. The van der Waals surface area contributed by atoms with Crippen molar-refractivity contribution in [1.82, 2.24) is 10.3 Å². The maximum atomic E-state index is 13.4. The Labute approximate surface area is 192 Å². The van der Waals surface area contributed by atoms with Gasteiger partial charge in [0.2, 0.25) is 11.8 Å². The van der Waals surface area contributed by atoms with Gasteiger partial charge in [-0.3, -0.25) is 9.59 Å². The van der Waals surface area contributed by atoms with Gasteiger partial charge in [0, 0.05) is 41.5 Å². The molecule has 0 aliphatic heterocycles. The Morgan fingerprint density at radius 2 is 1.82 bits per heavy atom. The number of halogens is 1. The molecule has 2 N–H and O–H groups in total. The second-order valence-electron chi connectivity index (χ2n) is 8.11. The van der Waals surface area contributed by atoms with E-state index in [9.17, 15) is 14.0 Å². The molecule has 0 bridgehead atoms. The van der Waals surface area contributed by atoms with E-state index in [2.05, 4.69) is 15.6 Å². The van der Waals surface area contributed by atoms with Gasteiger partial charge < -0.3 is 15.4 Å². The molecule has 33 heavy (non-hydrogen) atoms. The Balaban J connectivity index is 1.38. The highest BCUT2D eigenvalue weighted by atomic mass is 19.1. The second kappa shape index (κ2) is 10.7. The first-order valence-electron chi connectivity index (χ1n) is 11.1. The molecular weight excluding hydrogens is 421 g/mol. The van der Waals surface area contributed by atoms with E-state index in [4.69, 9.17) is 4.74 Å². The Morgan fingerprint density at radius 3 is 2.64 bits per heavy atom. The van der Waals surface area contributed by atoms with Crippen LogP contribution >= 0.6 is 0 Å². The zero-order valence-electron chi connectivity index (χ0n) is 18.2. The summed E-state index contributed by atoms with van der Waals surface area (Å²) in [5.41, 5.74) is 1.69. The summed E-state index contributed by atoms with van der Waals surface area (Å²) >= 11 is 0. The van der Waals surface area contributed by atoms with E-state index in [0.717, 1.165) is 25.7 Å². The molecule has 0 atom stereocenters. The molecule has 7 heteroatoms. The normalized spacial score (nSPS) is 13.8. The largest absolute Gasteiger partial charge is 0.439 e. The van der Waals surface area contributed by atoms with E-state index >= 15 is 0 Å². The molecule has 1 saturated carbocycles. The molecule has 1 fully saturated rings. The van der Waals surface area contributed by atoms with Crippen LogP contribution in [0, 0.1) is 11.7 Å². The summed E-state index contributed by atoms with van der Waals surface area (Å²) in [6, 6.07) is 16.2. The van der Waals surface area contributed by atoms with Crippen LogP contribution in [0.2, 0.25) is 0 Å². The number of aromatic nitrogens is 1. The fourth-order valence-electron chi connectivity index (χ4n) is 3.92. The maximum Gasteiger partial charge on any atom is 0.251 e. The predicted octanol–water partition coefficient (Wildman–Crippen LogP) is 5.46. The Kier molecular flexibility index (Phi) is 7.29. The van der Waals surface area contributed by atoms with Gasteiger partial charge in [-0.1, -0.05) is 37.5 Å². The lowest BCUT2D eigenvalue weighted by Crippen LogP contribution is -2.25. The van der Waals surface area contributed by atoms with Crippen LogP contribution < -0.4 is 15.4 Å². The molecular formula is C26H26FN3O3. The minimum Gasteiger partial charge on any atom is -0.439 e. The first kappa shape index (κ1) is 22.5. The molecule has 1 aliphatic rings. The molecule has 2 aromatic carbocycles. The number of nitrogens with zero attached hydrogens (tertiary/aromatic N) is 1. The maximum absolute atomic E-state index is 13.4. The number of pyridine rings is 1. The minimum absolute atomic E-state index is 0.0155. The quantitative estimate of drug-likeness (QED) is 0.504. The second-order valence-corrected chi connectivity index (χ2v) is 8.11. The number of carbonyl (C=O) groups is 2. The number of hydrogen-bond acceptors (Lipinski definition) is 4. The van der Waals surface area contributed by atoms with Crippen molar-refractivity contribution >= 4 is 17.5 Å². The van der Waals surface area contributed by atoms with Gasteiger partial charge in [-0.15, -0.1) is 0 Å². The van der Waals surface area contributed by atoms with Gasteiger partial charge in [0.25, 0.3) is 5.91 Å². The number of nitrogens with one attached hydrogen (secondary N) is 2. The molecule has 3 aromatic rings. The van der Waals surface area contributed by atoms with Crippen molar-refractivity contribution in [2.24, 2.45) is 5.92 Å². The van der Waals surface area contributed by atoms with E-state index in [0.29, 0.717) is 22.6 Å². The van der Waals surface area contributed by atoms with Crippen molar-refractivity contribution in [2.75, 3.05) is 5.32 Å². The van der Waals surface area contributed by atoms with E-state index in [-0.39, 0.29) is 30.2 Å². The highest BCUT2D eigenvalue weighted by Crippen LogP contribution is 2.26. The van der Waals surface area contributed by atoms with E-state index in [1.165, 1.54) is 18.6 Å². The third-order valence-corrected chi connectivity index (χ3v) is 5.67. The first-order chi connectivity index (χ1) is 16.1. The molecule has 0 radical (unpaired) electrons. The van der Waals surface area contributed by atoms with Crippen LogP contribution in [-0.4, -0.2) is 16.8 Å². The lowest BCUT2D eigenvalue weighted by Gasteiger charge is -2.20. The molecule has 1 heterocycles. The summed E-state index contributed by atoms with van der Waals surface area (Å²) in [5.74, 6) is -0.0299. The van der Waals surface area contributed by atoms with Gasteiger partial charge in [-0.2, -0.15) is 0 Å². The lowest BCUT2D eigenvalue weighted by atomic mass is 9.88. The summed E-state index contributed by atoms with van der Waals surface area (Å²) in [6.07, 6.45) is 6.75. The van der Waals surface area contributed by atoms with E-state index in [1.807, 2.05) is 0 Å². The fourth-order valence-corrected chi connectivity index (χ4v) is 3.92. The van der Waals surface area contributed by atoms with Gasteiger partial charge in [-0.05, 0) is 49.2 Å². The van der Waals surface area contributed by atoms with Crippen LogP contribution in [0.15, 0.2) is 66.9 Å². The highest BCUT2D eigenvalue weighted by molar-refractivity contribution is 5.97. The molecule has 1 aliphatic carbocycles. The van der Waals surface area contributed by atoms with Crippen molar-refractivity contribution in [3.05, 3.63) is 83.8 Å². The van der Waals surface area contributed by atoms with Gasteiger partial charge in [0.05, 0.1) is 0 Å². The summed E-state index contributed by atoms with van der Waals surface area (Å²) in [6.45, 7) is 0.177. The molecule has 2 amide bonds. The van der Waals surface area contributed by atoms with Crippen molar-refractivity contribution in [3.63, 3.8) is 0 Å². The monoisotopic (exact) mass is 447 g/mol. The summed E-state index contributed by atoms with van der Waals surface area (Å²) in [5, 5.41) is 5.79. The van der Waals surface area contributed by atoms with Gasteiger partial charge in [0.1, 0.15) is 11.6 Å². The number of hydrogen-bond donors (Lipinski definition) is 2. The molecule has 0 unspecified atom stereocenters. The van der Waals surface area contributed by atoms with Crippen molar-refractivity contribution in [3.8, 4) is 11.6 Å². The highest BCUT2D eigenvalue weighted by Gasteiger charge is 2.21. The van der Waals surface area contributed by atoms with E-state index in [1.54, 1.807) is 54.7 Å². The van der Waals surface area contributed by atoms with Crippen LogP contribution in [-0.2, 0) is 11.3 Å². The summed E-state index contributed by atoms with van der Waals surface area (Å²) < 4.78 is 19.1. The average molecular weight is 448 g/mol. The van der Waals surface area contributed by atoms with Crippen molar-refractivity contribution < 1.29 is 18.7 Å². The standard InChI is InChI=1S/C26H26FN3O3/c27-21-11-5-13-23(16-21)33-26-20(10-6-14-28-26)17-29-24(31)19-9-4-12-22(15-19)30-25(32)18-7-2-1-3-8-18/h4-6,9-16,18H,1-3,7-8,17H2,(H,29,31)(H,30,32). The molecule has 0 saturated heterocycles. The summed E-state index contributed by atoms with van der Waals surface area (Å²) in [4.78, 5) is 29.5. The van der Waals surface area contributed by atoms with Crippen molar-refractivity contribution in [1.29, 1.82) is 0 Å². The minimum atomic E-state index is -0.409.